The van der Waals surface area contributed by atoms with E-state index in [-0.39, 0.29) is 5.78 Å². The molecule has 1 saturated carbocycles. The van der Waals surface area contributed by atoms with Crippen molar-refractivity contribution in [2.75, 3.05) is 0 Å². The topological polar surface area (TPSA) is 50.2 Å². The monoisotopic (exact) mass is 269 g/mol. The minimum Gasteiger partial charge on any atom is -0.382 e. The van der Waals surface area contributed by atoms with Gasteiger partial charge in [0.15, 0.2) is 5.78 Å². The first-order chi connectivity index (χ1) is 9.71. The van der Waals surface area contributed by atoms with Gasteiger partial charge in [-0.15, -0.1) is 0 Å². The van der Waals surface area contributed by atoms with Gasteiger partial charge in [0.25, 0.3) is 0 Å². The third-order valence-corrected chi connectivity index (χ3v) is 4.28. The highest BCUT2D eigenvalue weighted by molar-refractivity contribution is 6.11. The zero-order valence-corrected chi connectivity index (χ0v) is 11.5. The number of ketones is 1. The summed E-state index contributed by atoms with van der Waals surface area (Å²) in [7, 11) is 0. The number of Topliss-reactive ketones (excluding diaryl/α,β-unsaturated/α-hetero) is 1. The lowest BCUT2D eigenvalue weighted by molar-refractivity contribution is 0.0240. The average molecular weight is 269 g/mol. The van der Waals surface area contributed by atoms with Crippen molar-refractivity contribution in [3.05, 3.63) is 42.2 Å². The first-order valence-corrected chi connectivity index (χ1v) is 7.31. The van der Waals surface area contributed by atoms with E-state index in [0.29, 0.717) is 18.4 Å². The normalized spacial score (nSPS) is 18.6. The molecule has 0 spiro atoms. The summed E-state index contributed by atoms with van der Waals surface area (Å²) in [6.45, 7) is 0. The van der Waals surface area contributed by atoms with Crippen LogP contribution in [0.4, 0.5) is 0 Å². The highest BCUT2D eigenvalue weighted by Gasteiger charge is 2.37. The number of benzene rings is 1. The van der Waals surface area contributed by atoms with Crippen LogP contribution < -0.4 is 0 Å². The maximum atomic E-state index is 12.8. The lowest BCUT2D eigenvalue weighted by Gasteiger charge is -2.25. The minimum absolute atomic E-state index is 0.129. The number of aliphatic hydroxyl groups is 1. The molecular weight excluding hydrogens is 250 g/mol. The summed E-state index contributed by atoms with van der Waals surface area (Å²) < 4.78 is 0. The van der Waals surface area contributed by atoms with E-state index in [4.69, 9.17) is 0 Å². The van der Waals surface area contributed by atoms with Crippen LogP contribution >= 0.6 is 0 Å². The van der Waals surface area contributed by atoms with Crippen LogP contribution in [0.25, 0.3) is 10.8 Å². The van der Waals surface area contributed by atoms with Crippen LogP contribution in [0.1, 0.15) is 48.9 Å². The molecule has 20 heavy (non-hydrogen) atoms. The molecule has 1 fully saturated rings. The lowest BCUT2D eigenvalue weighted by atomic mass is 9.84. The molecule has 0 saturated heterocycles. The van der Waals surface area contributed by atoms with Crippen LogP contribution in [0.15, 0.2) is 36.7 Å². The standard InChI is InChI=1S/C17H19NO2/c19-16(17(20)9-3-1-2-4-10-17)15-7-5-6-13-12-18-11-8-14(13)15/h5-8,11-12,20H,1-4,9-10H2. The first-order valence-electron chi connectivity index (χ1n) is 7.31. The van der Waals surface area contributed by atoms with E-state index in [1.54, 1.807) is 12.4 Å². The van der Waals surface area contributed by atoms with Crippen molar-refractivity contribution in [2.24, 2.45) is 0 Å². The van der Waals surface area contributed by atoms with Crippen molar-refractivity contribution in [3.8, 4) is 0 Å². The zero-order chi connectivity index (χ0) is 14.0. The molecule has 1 heterocycles. The van der Waals surface area contributed by atoms with E-state index in [9.17, 15) is 9.90 Å². The number of hydrogen-bond acceptors (Lipinski definition) is 3. The fourth-order valence-corrected chi connectivity index (χ4v) is 3.11. The SMILES string of the molecule is O=C(c1cccc2cnccc12)C1(O)CCCCCC1. The van der Waals surface area contributed by atoms with Crippen molar-refractivity contribution in [2.45, 2.75) is 44.1 Å². The number of fused-ring (bicyclic) bond motifs is 1. The number of carbonyl (C=O) groups excluding carboxylic acids is 1. The molecule has 1 aromatic heterocycles. The molecule has 0 atom stereocenters. The Balaban J connectivity index is 2.03. The predicted octanol–water partition coefficient (Wildman–Crippen LogP) is 3.50. The van der Waals surface area contributed by atoms with Gasteiger partial charge in [-0.2, -0.15) is 0 Å². The van der Waals surface area contributed by atoms with Crippen LogP contribution in [-0.4, -0.2) is 21.5 Å². The Kier molecular flexibility index (Phi) is 3.53. The molecule has 2 aromatic rings. The summed E-state index contributed by atoms with van der Waals surface area (Å²) in [5, 5.41) is 12.6. The Bertz CT molecular complexity index is 622. The van der Waals surface area contributed by atoms with Crippen molar-refractivity contribution in [3.63, 3.8) is 0 Å². The molecule has 0 unspecified atom stereocenters. The molecular formula is C17H19NO2. The maximum Gasteiger partial charge on any atom is 0.194 e. The van der Waals surface area contributed by atoms with Gasteiger partial charge in [-0.3, -0.25) is 9.78 Å². The van der Waals surface area contributed by atoms with Crippen LogP contribution in [0.2, 0.25) is 0 Å². The summed E-state index contributed by atoms with van der Waals surface area (Å²) >= 11 is 0. The van der Waals surface area contributed by atoms with E-state index in [2.05, 4.69) is 4.98 Å². The molecule has 3 heteroatoms. The second kappa shape index (κ2) is 5.33. The smallest absolute Gasteiger partial charge is 0.194 e. The van der Waals surface area contributed by atoms with Crippen LogP contribution in [0.5, 0.6) is 0 Å². The molecule has 0 amide bonds. The van der Waals surface area contributed by atoms with Crippen molar-refractivity contribution in [1.29, 1.82) is 0 Å². The quantitative estimate of drug-likeness (QED) is 0.670. The van der Waals surface area contributed by atoms with Gasteiger partial charge in [-0.25, -0.2) is 0 Å². The highest BCUT2D eigenvalue weighted by atomic mass is 16.3. The van der Waals surface area contributed by atoms with E-state index >= 15 is 0 Å². The van der Waals surface area contributed by atoms with Gasteiger partial charge in [0.05, 0.1) is 0 Å². The zero-order valence-electron chi connectivity index (χ0n) is 11.5. The third kappa shape index (κ3) is 2.34. The Morgan fingerprint density at radius 3 is 2.60 bits per heavy atom. The summed E-state index contributed by atoms with van der Waals surface area (Å²) in [5.41, 5.74) is -0.567. The van der Waals surface area contributed by atoms with E-state index < -0.39 is 5.60 Å². The molecule has 1 N–H and O–H groups in total. The molecule has 0 bridgehead atoms. The van der Waals surface area contributed by atoms with E-state index in [1.807, 2.05) is 24.3 Å². The van der Waals surface area contributed by atoms with Crippen molar-refractivity contribution in [1.82, 2.24) is 4.98 Å². The Labute approximate surface area is 118 Å². The van der Waals surface area contributed by atoms with Gasteiger partial charge in [-0.1, -0.05) is 43.9 Å². The summed E-state index contributed by atoms with van der Waals surface area (Å²) in [6.07, 6.45) is 8.66. The fraction of sp³-hybridized carbons (Fsp3) is 0.412. The van der Waals surface area contributed by atoms with Crippen LogP contribution in [0, 0.1) is 0 Å². The van der Waals surface area contributed by atoms with E-state index in [1.165, 1.54) is 0 Å². The predicted molar refractivity (Wildman–Crippen MR) is 78.7 cm³/mol. The average Bonchev–Trinajstić information content (AvgIpc) is 2.72. The van der Waals surface area contributed by atoms with Crippen molar-refractivity contribution >= 4 is 16.6 Å². The Morgan fingerprint density at radius 2 is 1.85 bits per heavy atom. The van der Waals surface area contributed by atoms with Crippen LogP contribution in [0.3, 0.4) is 0 Å². The van der Waals surface area contributed by atoms with Crippen LogP contribution in [-0.2, 0) is 0 Å². The number of nitrogens with zero attached hydrogens (tertiary/aromatic N) is 1. The molecule has 104 valence electrons. The largest absolute Gasteiger partial charge is 0.382 e. The fourth-order valence-electron chi connectivity index (χ4n) is 3.11. The molecule has 0 aliphatic heterocycles. The maximum absolute atomic E-state index is 12.8. The van der Waals surface area contributed by atoms with Gasteiger partial charge in [0.1, 0.15) is 5.60 Å². The van der Waals surface area contributed by atoms with Crippen molar-refractivity contribution < 1.29 is 9.90 Å². The Hall–Kier alpha value is -1.74. The molecule has 3 rings (SSSR count). The number of hydrogen-bond donors (Lipinski definition) is 1. The third-order valence-electron chi connectivity index (χ3n) is 4.28. The second-order valence-electron chi connectivity index (χ2n) is 5.68. The molecule has 1 aliphatic rings. The number of rotatable bonds is 2. The molecule has 0 radical (unpaired) electrons. The number of aromatic nitrogens is 1. The van der Waals surface area contributed by atoms with Gasteiger partial charge in [-0.05, 0) is 24.3 Å². The second-order valence-corrected chi connectivity index (χ2v) is 5.68. The molecule has 1 aliphatic carbocycles. The van der Waals surface area contributed by atoms with Gasteiger partial charge >= 0.3 is 0 Å². The number of pyridine rings is 1. The van der Waals surface area contributed by atoms with Gasteiger partial charge in [0, 0.05) is 23.3 Å². The minimum atomic E-state index is -1.19. The summed E-state index contributed by atoms with van der Waals surface area (Å²) in [4.78, 5) is 16.9. The molecule has 1 aromatic carbocycles. The lowest BCUT2D eigenvalue weighted by Crippen LogP contribution is -2.38. The number of carbonyl (C=O) groups is 1. The Morgan fingerprint density at radius 1 is 1.10 bits per heavy atom. The van der Waals surface area contributed by atoms with Gasteiger partial charge < -0.3 is 5.11 Å². The first kappa shape index (κ1) is 13.3. The van der Waals surface area contributed by atoms with E-state index in [0.717, 1.165) is 36.5 Å². The summed E-state index contributed by atoms with van der Waals surface area (Å²) in [5.74, 6) is -0.129. The van der Waals surface area contributed by atoms with Gasteiger partial charge in [0.2, 0.25) is 0 Å². The summed E-state index contributed by atoms with van der Waals surface area (Å²) in [6, 6.07) is 7.46. The highest BCUT2D eigenvalue weighted by Crippen LogP contribution is 2.32. The molecule has 3 nitrogen and oxygen atoms in total.